The van der Waals surface area contributed by atoms with Crippen molar-refractivity contribution in [3.63, 3.8) is 0 Å². The molecule has 1 N–H and O–H groups in total. The second-order valence-electron chi connectivity index (χ2n) is 9.35. The largest absolute Gasteiger partial charge is 0.349 e. The molecule has 1 amide bonds. The second-order valence-corrected chi connectivity index (χ2v) is 10.3. The fourth-order valence-electron chi connectivity index (χ4n) is 5.46. The van der Waals surface area contributed by atoms with E-state index in [2.05, 4.69) is 50.4 Å². The molecule has 3 heteroatoms. The Morgan fingerprint density at radius 3 is 2.70 bits per heavy atom. The number of nitrogens with one attached hydrogen (secondary N) is 1. The van der Waals surface area contributed by atoms with E-state index in [0.717, 1.165) is 23.3 Å². The summed E-state index contributed by atoms with van der Waals surface area (Å²) in [4.78, 5) is 13.2. The molecule has 2 aromatic rings. The maximum atomic E-state index is 13.2. The zero-order valence-electron chi connectivity index (χ0n) is 19.4. The molecule has 164 valence electrons. The number of hydrogen-bond acceptors (Lipinski definition) is 2. The quantitative estimate of drug-likeness (QED) is 0.355. The van der Waals surface area contributed by atoms with Crippen LogP contribution in [0.3, 0.4) is 0 Å². The molecular formula is C27H39NOS. The Kier molecular flexibility index (Phi) is 7.79. The summed E-state index contributed by atoms with van der Waals surface area (Å²) in [5.41, 5.74) is 1.20. The van der Waals surface area contributed by atoms with E-state index in [0.29, 0.717) is 23.3 Å². The molecule has 2 bridgehead atoms. The van der Waals surface area contributed by atoms with Crippen molar-refractivity contribution in [2.24, 2.45) is 23.2 Å². The average molecular weight is 426 g/mol. The fourth-order valence-corrected chi connectivity index (χ4v) is 6.40. The number of allylic oxidation sites excluding steroid dienone is 2. The molecule has 3 fully saturated rings. The standard InChI is InChI=1S/C25H33NOS.C2H6/c1-4-5-6-7-8-11-17-14-18-15-21(25(18,2)3)23(17)26-24(27)20-16-28-22-13-10-9-12-19(20)22;1-2/h7-10,12-13,16-18,21,23H,4-6,11,14-15H2,1-3H3,(H,26,27);1-2H3/b8-7-;/t17-,18-,21-,23+;/m0./s1. The Labute approximate surface area is 187 Å². The van der Waals surface area contributed by atoms with Crippen molar-refractivity contribution < 1.29 is 4.79 Å². The van der Waals surface area contributed by atoms with Crippen LogP contribution in [0.15, 0.2) is 41.8 Å². The lowest BCUT2D eigenvalue weighted by molar-refractivity contribution is -0.110. The van der Waals surface area contributed by atoms with Crippen LogP contribution in [0.5, 0.6) is 0 Å². The van der Waals surface area contributed by atoms with E-state index in [1.54, 1.807) is 11.3 Å². The average Bonchev–Trinajstić information content (AvgIpc) is 3.20. The van der Waals surface area contributed by atoms with Crippen LogP contribution < -0.4 is 5.32 Å². The van der Waals surface area contributed by atoms with Crippen LogP contribution in [0, 0.1) is 23.2 Å². The van der Waals surface area contributed by atoms with Crippen molar-refractivity contribution in [1.82, 2.24) is 5.32 Å². The SMILES string of the molecule is CC.CCCC/C=C\C[C@H]1C[C@H]2C[C@@H]([C@@H]1NC(=O)c1csc3ccccc13)C2(C)C. The molecule has 3 aliphatic rings. The summed E-state index contributed by atoms with van der Waals surface area (Å²) in [5, 5.41) is 6.60. The lowest BCUT2D eigenvalue weighted by Crippen LogP contribution is -2.63. The van der Waals surface area contributed by atoms with Gasteiger partial charge in [-0.2, -0.15) is 0 Å². The Balaban J connectivity index is 0.00000124. The van der Waals surface area contributed by atoms with Gasteiger partial charge in [0.25, 0.3) is 5.91 Å². The topological polar surface area (TPSA) is 29.1 Å². The van der Waals surface area contributed by atoms with Crippen molar-refractivity contribution in [2.75, 3.05) is 0 Å². The molecule has 0 aliphatic heterocycles. The monoisotopic (exact) mass is 425 g/mol. The lowest BCUT2D eigenvalue weighted by Gasteiger charge is -2.62. The number of fused-ring (bicyclic) bond motifs is 3. The first kappa shape index (κ1) is 23.1. The smallest absolute Gasteiger partial charge is 0.252 e. The fraction of sp³-hybridized carbons (Fsp3) is 0.593. The molecule has 4 atom stereocenters. The molecule has 1 aromatic carbocycles. The van der Waals surface area contributed by atoms with Gasteiger partial charge >= 0.3 is 0 Å². The minimum Gasteiger partial charge on any atom is -0.349 e. The molecule has 3 saturated carbocycles. The van der Waals surface area contributed by atoms with E-state index in [4.69, 9.17) is 0 Å². The minimum absolute atomic E-state index is 0.114. The summed E-state index contributed by atoms with van der Waals surface area (Å²) in [5.74, 6) is 2.11. The van der Waals surface area contributed by atoms with Gasteiger partial charge in [-0.05, 0) is 54.9 Å². The zero-order valence-corrected chi connectivity index (χ0v) is 20.2. The molecule has 0 saturated heterocycles. The molecule has 2 nitrogen and oxygen atoms in total. The molecule has 1 heterocycles. The highest BCUT2D eigenvalue weighted by Crippen LogP contribution is 2.61. The first-order valence-corrected chi connectivity index (χ1v) is 12.8. The Morgan fingerprint density at radius 2 is 1.97 bits per heavy atom. The predicted molar refractivity (Wildman–Crippen MR) is 131 cm³/mol. The minimum atomic E-state index is 0.114. The number of hydrogen-bond donors (Lipinski definition) is 1. The number of carbonyl (C=O) groups excluding carboxylic acids is 1. The normalized spacial score (nSPS) is 26.7. The summed E-state index contributed by atoms with van der Waals surface area (Å²) in [7, 11) is 0. The molecule has 0 radical (unpaired) electrons. The maximum absolute atomic E-state index is 13.2. The highest BCUT2D eigenvalue weighted by Gasteiger charge is 2.57. The number of unbranched alkanes of at least 4 members (excludes halogenated alkanes) is 2. The van der Waals surface area contributed by atoms with Crippen molar-refractivity contribution in [2.45, 2.75) is 79.2 Å². The van der Waals surface area contributed by atoms with E-state index in [1.165, 1.54) is 36.8 Å². The molecule has 30 heavy (non-hydrogen) atoms. The van der Waals surface area contributed by atoms with Crippen molar-refractivity contribution in [3.05, 3.63) is 47.4 Å². The zero-order chi connectivity index (χ0) is 21.7. The third-order valence-corrected chi connectivity index (χ3v) is 8.39. The molecule has 5 rings (SSSR count). The number of benzene rings is 1. The van der Waals surface area contributed by atoms with Gasteiger partial charge in [0.05, 0.1) is 5.56 Å². The lowest BCUT2D eigenvalue weighted by atomic mass is 9.44. The van der Waals surface area contributed by atoms with Gasteiger partial charge in [0.1, 0.15) is 0 Å². The molecule has 3 aliphatic carbocycles. The predicted octanol–water partition coefficient (Wildman–Crippen LogP) is 7.84. The van der Waals surface area contributed by atoms with Gasteiger partial charge in [-0.25, -0.2) is 0 Å². The van der Waals surface area contributed by atoms with Crippen LogP contribution >= 0.6 is 11.3 Å². The summed E-state index contributed by atoms with van der Waals surface area (Å²) in [6.45, 7) is 11.0. The van der Waals surface area contributed by atoms with Crippen LogP contribution in [0.2, 0.25) is 0 Å². The number of rotatable bonds is 7. The third-order valence-electron chi connectivity index (χ3n) is 7.43. The van der Waals surface area contributed by atoms with Crippen LogP contribution in [0.25, 0.3) is 10.1 Å². The van der Waals surface area contributed by atoms with Gasteiger partial charge in [0.15, 0.2) is 0 Å². The number of thiophene rings is 1. The number of amides is 1. The summed E-state index contributed by atoms with van der Waals surface area (Å²) in [6.07, 6.45) is 12.0. The van der Waals surface area contributed by atoms with Gasteiger partial charge in [-0.1, -0.05) is 77.8 Å². The highest BCUT2D eigenvalue weighted by molar-refractivity contribution is 7.17. The van der Waals surface area contributed by atoms with E-state index in [-0.39, 0.29) is 5.91 Å². The maximum Gasteiger partial charge on any atom is 0.252 e. The van der Waals surface area contributed by atoms with E-state index in [9.17, 15) is 4.79 Å². The van der Waals surface area contributed by atoms with Gasteiger partial charge < -0.3 is 5.32 Å². The van der Waals surface area contributed by atoms with Gasteiger partial charge in [0, 0.05) is 21.5 Å². The molecular weight excluding hydrogens is 386 g/mol. The van der Waals surface area contributed by atoms with Crippen molar-refractivity contribution >= 4 is 27.3 Å². The van der Waals surface area contributed by atoms with Crippen LogP contribution in [-0.4, -0.2) is 11.9 Å². The summed E-state index contributed by atoms with van der Waals surface area (Å²) in [6, 6.07) is 8.53. The Hall–Kier alpha value is -1.61. The number of carbonyl (C=O) groups is 1. The highest BCUT2D eigenvalue weighted by atomic mass is 32.1. The van der Waals surface area contributed by atoms with Crippen LogP contribution in [0.4, 0.5) is 0 Å². The van der Waals surface area contributed by atoms with Gasteiger partial charge in [0.2, 0.25) is 0 Å². The van der Waals surface area contributed by atoms with Crippen LogP contribution in [0.1, 0.15) is 83.5 Å². The summed E-state index contributed by atoms with van der Waals surface area (Å²) < 4.78 is 1.19. The van der Waals surface area contributed by atoms with E-state index < -0.39 is 0 Å². The summed E-state index contributed by atoms with van der Waals surface area (Å²) >= 11 is 1.66. The Morgan fingerprint density at radius 1 is 1.20 bits per heavy atom. The molecule has 0 unspecified atom stereocenters. The Bertz CT molecular complexity index is 865. The van der Waals surface area contributed by atoms with E-state index in [1.807, 2.05) is 31.4 Å². The first-order chi connectivity index (χ1) is 14.5. The van der Waals surface area contributed by atoms with Gasteiger partial charge in [-0.15, -0.1) is 11.3 Å². The second kappa shape index (κ2) is 10.1. The molecule has 1 aromatic heterocycles. The van der Waals surface area contributed by atoms with Crippen LogP contribution in [-0.2, 0) is 0 Å². The van der Waals surface area contributed by atoms with Crippen molar-refractivity contribution in [3.8, 4) is 0 Å². The van der Waals surface area contributed by atoms with E-state index >= 15 is 0 Å². The van der Waals surface area contributed by atoms with Crippen molar-refractivity contribution in [1.29, 1.82) is 0 Å². The third kappa shape index (κ3) is 4.51. The van der Waals surface area contributed by atoms with Gasteiger partial charge in [-0.3, -0.25) is 4.79 Å². The first-order valence-electron chi connectivity index (χ1n) is 11.9. The molecule has 0 spiro atoms.